The maximum Gasteiger partial charge on any atom is 0.140 e. The molecule has 0 aliphatic heterocycles. The Kier molecular flexibility index (Phi) is 6.58. The number of unbranched alkanes of at least 4 members (excludes halogenated alkanes) is 3. The van der Waals surface area contributed by atoms with Crippen molar-refractivity contribution < 1.29 is 4.79 Å². The molecule has 0 fully saturated rings. The topological polar surface area (TPSA) is 17.1 Å². The molecule has 0 saturated carbocycles. The second-order valence-electron chi connectivity index (χ2n) is 6.48. The number of ketones is 1. The van der Waals surface area contributed by atoms with Crippen LogP contribution in [0.5, 0.6) is 0 Å². The van der Waals surface area contributed by atoms with Crippen LogP contribution in [0.4, 0.5) is 0 Å². The van der Waals surface area contributed by atoms with Gasteiger partial charge >= 0.3 is 0 Å². The highest BCUT2D eigenvalue weighted by atomic mass is 16.1. The zero-order chi connectivity index (χ0) is 16.5. The van der Waals surface area contributed by atoms with Crippen molar-refractivity contribution in [3.8, 4) is 0 Å². The van der Waals surface area contributed by atoms with E-state index in [0.717, 1.165) is 24.8 Å². The van der Waals surface area contributed by atoms with E-state index < -0.39 is 5.41 Å². The summed E-state index contributed by atoms with van der Waals surface area (Å²) in [5.74, 6) is 0.282. The van der Waals surface area contributed by atoms with Crippen molar-refractivity contribution in [3.63, 3.8) is 0 Å². The van der Waals surface area contributed by atoms with Gasteiger partial charge in [0.25, 0.3) is 0 Å². The molecule has 2 aromatic rings. The standard InChI is InChI=1S/C22H28O/c1-3-4-5-12-17-22(19(2)23,21-15-10-7-11-16-21)18-20-13-8-6-9-14-20/h6-11,13-16H,3-5,12,17-18H2,1-2H3. The largest absolute Gasteiger partial charge is 0.299 e. The second kappa shape index (κ2) is 8.67. The molecule has 2 rings (SSSR count). The molecule has 0 radical (unpaired) electrons. The quantitative estimate of drug-likeness (QED) is 0.541. The first-order chi connectivity index (χ1) is 11.2. The lowest BCUT2D eigenvalue weighted by Gasteiger charge is -2.32. The van der Waals surface area contributed by atoms with Crippen LogP contribution in [-0.2, 0) is 16.6 Å². The Morgan fingerprint density at radius 3 is 2.04 bits per heavy atom. The van der Waals surface area contributed by atoms with E-state index in [0.29, 0.717) is 0 Å². The van der Waals surface area contributed by atoms with Crippen LogP contribution in [0.1, 0.15) is 57.1 Å². The Hall–Kier alpha value is -1.89. The molecule has 0 aromatic heterocycles. The normalized spacial score (nSPS) is 13.5. The van der Waals surface area contributed by atoms with Crippen molar-refractivity contribution in [2.75, 3.05) is 0 Å². The fourth-order valence-corrected chi connectivity index (χ4v) is 3.39. The molecule has 0 heterocycles. The van der Waals surface area contributed by atoms with Crippen molar-refractivity contribution in [2.45, 2.75) is 57.8 Å². The third kappa shape index (κ3) is 4.54. The van der Waals surface area contributed by atoms with Crippen LogP contribution in [0.15, 0.2) is 60.7 Å². The van der Waals surface area contributed by atoms with Crippen molar-refractivity contribution >= 4 is 5.78 Å². The highest BCUT2D eigenvalue weighted by Crippen LogP contribution is 2.35. The fourth-order valence-electron chi connectivity index (χ4n) is 3.39. The second-order valence-corrected chi connectivity index (χ2v) is 6.48. The minimum atomic E-state index is -0.393. The Morgan fingerprint density at radius 2 is 1.48 bits per heavy atom. The van der Waals surface area contributed by atoms with Gasteiger partial charge in [-0.05, 0) is 30.9 Å². The molecular weight excluding hydrogens is 280 g/mol. The van der Waals surface area contributed by atoms with Gasteiger partial charge in [0, 0.05) is 0 Å². The molecule has 0 spiro atoms. The molecule has 1 heteroatoms. The average molecular weight is 308 g/mol. The van der Waals surface area contributed by atoms with E-state index in [9.17, 15) is 4.79 Å². The molecule has 0 aliphatic carbocycles. The lowest BCUT2D eigenvalue weighted by molar-refractivity contribution is -0.122. The molecule has 0 saturated heterocycles. The van der Waals surface area contributed by atoms with Crippen LogP contribution in [0.25, 0.3) is 0 Å². The Labute approximate surface area is 140 Å². The third-order valence-corrected chi connectivity index (χ3v) is 4.81. The van der Waals surface area contributed by atoms with Gasteiger partial charge in [-0.15, -0.1) is 0 Å². The summed E-state index contributed by atoms with van der Waals surface area (Å²) in [6, 6.07) is 20.8. The Bertz CT molecular complexity index is 588. The minimum Gasteiger partial charge on any atom is -0.299 e. The summed E-state index contributed by atoms with van der Waals surface area (Å²) in [6.07, 6.45) is 6.49. The van der Waals surface area contributed by atoms with Crippen molar-refractivity contribution in [2.24, 2.45) is 0 Å². The number of carbonyl (C=O) groups excluding carboxylic acids is 1. The van der Waals surface area contributed by atoms with E-state index in [1.54, 1.807) is 6.92 Å². The molecule has 0 N–H and O–H groups in total. The van der Waals surface area contributed by atoms with Crippen LogP contribution < -0.4 is 0 Å². The van der Waals surface area contributed by atoms with Crippen LogP contribution in [0.2, 0.25) is 0 Å². The third-order valence-electron chi connectivity index (χ3n) is 4.81. The highest BCUT2D eigenvalue weighted by molar-refractivity contribution is 5.88. The van der Waals surface area contributed by atoms with Crippen molar-refractivity contribution in [1.82, 2.24) is 0 Å². The number of Topliss-reactive ketones (excluding diaryl/α,β-unsaturated/α-hetero) is 1. The first kappa shape index (κ1) is 17.5. The lowest BCUT2D eigenvalue weighted by atomic mass is 9.69. The summed E-state index contributed by atoms with van der Waals surface area (Å²) in [5.41, 5.74) is 2.01. The molecule has 0 bridgehead atoms. The average Bonchev–Trinajstić information content (AvgIpc) is 2.59. The van der Waals surface area contributed by atoms with Crippen LogP contribution >= 0.6 is 0 Å². The van der Waals surface area contributed by atoms with Crippen LogP contribution in [0, 0.1) is 0 Å². The minimum absolute atomic E-state index is 0.282. The maximum atomic E-state index is 12.7. The summed E-state index contributed by atoms with van der Waals surface area (Å²) in [5, 5.41) is 0. The molecule has 122 valence electrons. The summed E-state index contributed by atoms with van der Waals surface area (Å²) in [6.45, 7) is 3.98. The van der Waals surface area contributed by atoms with E-state index in [2.05, 4.69) is 43.3 Å². The van der Waals surface area contributed by atoms with E-state index in [4.69, 9.17) is 0 Å². The van der Waals surface area contributed by atoms with Gasteiger partial charge in [0.1, 0.15) is 5.78 Å². The molecule has 2 aromatic carbocycles. The predicted molar refractivity (Wildman–Crippen MR) is 97.7 cm³/mol. The van der Waals surface area contributed by atoms with Gasteiger partial charge in [0.2, 0.25) is 0 Å². The lowest BCUT2D eigenvalue weighted by Crippen LogP contribution is -2.36. The molecule has 1 nitrogen and oxygen atoms in total. The van der Waals surface area contributed by atoms with E-state index >= 15 is 0 Å². The van der Waals surface area contributed by atoms with Gasteiger partial charge in [0.05, 0.1) is 5.41 Å². The van der Waals surface area contributed by atoms with Crippen molar-refractivity contribution in [3.05, 3.63) is 71.8 Å². The van der Waals surface area contributed by atoms with E-state index in [1.807, 2.05) is 24.3 Å². The fraction of sp³-hybridized carbons (Fsp3) is 0.409. The van der Waals surface area contributed by atoms with Gasteiger partial charge in [-0.1, -0.05) is 93.3 Å². The van der Waals surface area contributed by atoms with E-state index in [-0.39, 0.29) is 5.78 Å². The Morgan fingerprint density at radius 1 is 0.870 bits per heavy atom. The van der Waals surface area contributed by atoms with Gasteiger partial charge in [-0.25, -0.2) is 0 Å². The van der Waals surface area contributed by atoms with Crippen molar-refractivity contribution in [1.29, 1.82) is 0 Å². The summed E-state index contributed by atoms with van der Waals surface area (Å²) in [4.78, 5) is 12.7. The van der Waals surface area contributed by atoms with Gasteiger partial charge in [0.15, 0.2) is 0 Å². The zero-order valence-electron chi connectivity index (χ0n) is 14.4. The first-order valence-electron chi connectivity index (χ1n) is 8.79. The van der Waals surface area contributed by atoms with Crippen LogP contribution in [0.3, 0.4) is 0 Å². The van der Waals surface area contributed by atoms with Gasteiger partial charge in [-0.3, -0.25) is 4.79 Å². The summed E-state index contributed by atoms with van der Waals surface area (Å²) in [7, 11) is 0. The maximum absolute atomic E-state index is 12.7. The number of benzene rings is 2. The van der Waals surface area contributed by atoms with E-state index in [1.165, 1.54) is 24.8 Å². The monoisotopic (exact) mass is 308 g/mol. The number of hydrogen-bond donors (Lipinski definition) is 0. The highest BCUT2D eigenvalue weighted by Gasteiger charge is 2.36. The molecular formula is C22H28O. The SMILES string of the molecule is CCCCCCC(Cc1ccccc1)(C(C)=O)c1ccccc1. The predicted octanol–water partition coefficient (Wildman–Crippen LogP) is 5.73. The summed E-state index contributed by atoms with van der Waals surface area (Å²) < 4.78 is 0. The number of rotatable bonds is 9. The smallest absolute Gasteiger partial charge is 0.140 e. The first-order valence-corrected chi connectivity index (χ1v) is 8.79. The zero-order valence-corrected chi connectivity index (χ0v) is 14.4. The molecule has 1 unspecified atom stereocenters. The molecule has 0 amide bonds. The molecule has 23 heavy (non-hydrogen) atoms. The number of carbonyl (C=O) groups is 1. The van der Waals surface area contributed by atoms with Crippen LogP contribution in [-0.4, -0.2) is 5.78 Å². The Balaban J connectivity index is 2.32. The number of hydrogen-bond acceptors (Lipinski definition) is 1. The molecule has 1 atom stereocenters. The van der Waals surface area contributed by atoms with Gasteiger partial charge in [-0.2, -0.15) is 0 Å². The van der Waals surface area contributed by atoms with Gasteiger partial charge < -0.3 is 0 Å². The summed E-state index contributed by atoms with van der Waals surface area (Å²) >= 11 is 0. The molecule has 0 aliphatic rings.